The van der Waals surface area contributed by atoms with E-state index in [9.17, 15) is 4.39 Å². The molecule has 1 aromatic heterocycles. The molecule has 0 spiro atoms. The molecule has 0 aliphatic rings. The molecule has 0 atom stereocenters. The van der Waals surface area contributed by atoms with Crippen LogP contribution in [0.25, 0.3) is 0 Å². The van der Waals surface area contributed by atoms with Gasteiger partial charge in [0.15, 0.2) is 0 Å². The van der Waals surface area contributed by atoms with Crippen molar-refractivity contribution in [3.05, 3.63) is 47.4 Å². The van der Waals surface area contributed by atoms with Crippen LogP contribution >= 0.6 is 0 Å². The summed E-state index contributed by atoms with van der Waals surface area (Å²) in [6.07, 6.45) is 0.577. The van der Waals surface area contributed by atoms with Crippen LogP contribution in [0.3, 0.4) is 0 Å². The van der Waals surface area contributed by atoms with Gasteiger partial charge in [0.05, 0.1) is 6.61 Å². The monoisotopic (exact) mass is 275 g/mol. The Kier molecular flexibility index (Phi) is 4.87. The number of ether oxygens (including phenoxy) is 1. The molecule has 0 amide bonds. The highest BCUT2D eigenvalue weighted by atomic mass is 19.1. The lowest BCUT2D eigenvalue weighted by Gasteiger charge is -2.08. The highest BCUT2D eigenvalue weighted by Crippen LogP contribution is 2.12. The van der Waals surface area contributed by atoms with Gasteiger partial charge in [-0.25, -0.2) is 9.37 Å². The van der Waals surface area contributed by atoms with Gasteiger partial charge in [-0.3, -0.25) is 0 Å². The average molecular weight is 275 g/mol. The normalized spacial score (nSPS) is 10.3. The number of nitrogens with one attached hydrogen (secondary N) is 1. The van der Waals surface area contributed by atoms with Gasteiger partial charge < -0.3 is 10.1 Å². The van der Waals surface area contributed by atoms with Gasteiger partial charge in [-0.05, 0) is 31.9 Å². The van der Waals surface area contributed by atoms with Gasteiger partial charge in [0, 0.05) is 18.3 Å². The summed E-state index contributed by atoms with van der Waals surface area (Å²) in [7, 11) is 0. The fraction of sp³-hybridized carbons (Fsp3) is 0.333. The molecule has 5 heteroatoms. The molecule has 0 bridgehead atoms. The fourth-order valence-electron chi connectivity index (χ4n) is 1.85. The number of aryl methyl sites for hydroxylation is 1. The zero-order chi connectivity index (χ0) is 14.4. The Bertz CT molecular complexity index is 575. The van der Waals surface area contributed by atoms with Gasteiger partial charge in [0.1, 0.15) is 5.82 Å². The number of hydrogen-bond acceptors (Lipinski definition) is 4. The number of nitrogens with zero attached hydrogens (tertiary/aromatic N) is 2. The lowest BCUT2D eigenvalue weighted by molar-refractivity contribution is 0.326. The molecule has 0 aliphatic carbocycles. The van der Waals surface area contributed by atoms with E-state index in [1.807, 2.05) is 19.9 Å². The molecule has 0 saturated heterocycles. The molecule has 1 aromatic carbocycles. The Morgan fingerprint density at radius 2 is 2.05 bits per heavy atom. The molecule has 4 nitrogen and oxygen atoms in total. The van der Waals surface area contributed by atoms with Crippen LogP contribution in [0.4, 0.5) is 10.3 Å². The van der Waals surface area contributed by atoms with Gasteiger partial charge >= 0.3 is 0 Å². The van der Waals surface area contributed by atoms with E-state index >= 15 is 0 Å². The van der Waals surface area contributed by atoms with Gasteiger partial charge in [-0.2, -0.15) is 4.98 Å². The summed E-state index contributed by atoms with van der Waals surface area (Å²) in [5, 5.41) is 3.09. The van der Waals surface area contributed by atoms with Crippen LogP contribution in [-0.2, 0) is 6.42 Å². The van der Waals surface area contributed by atoms with Crippen LogP contribution in [-0.4, -0.2) is 23.1 Å². The predicted molar refractivity (Wildman–Crippen MR) is 76.5 cm³/mol. The average Bonchev–Trinajstić information content (AvgIpc) is 2.41. The fourth-order valence-corrected chi connectivity index (χ4v) is 1.85. The molecule has 0 radical (unpaired) electrons. The Balaban J connectivity index is 1.95. The van der Waals surface area contributed by atoms with E-state index < -0.39 is 0 Å². The van der Waals surface area contributed by atoms with E-state index in [0.717, 1.165) is 5.69 Å². The number of benzene rings is 1. The minimum Gasteiger partial charge on any atom is -0.478 e. The van der Waals surface area contributed by atoms with Crippen molar-refractivity contribution in [1.29, 1.82) is 0 Å². The summed E-state index contributed by atoms with van der Waals surface area (Å²) in [6, 6.07) is 8.54. The van der Waals surface area contributed by atoms with Crippen LogP contribution < -0.4 is 10.1 Å². The lowest BCUT2D eigenvalue weighted by Crippen LogP contribution is -2.10. The first-order valence-corrected chi connectivity index (χ1v) is 6.65. The summed E-state index contributed by atoms with van der Waals surface area (Å²) in [5.74, 6) is 0.868. The van der Waals surface area contributed by atoms with Gasteiger partial charge in [-0.1, -0.05) is 18.2 Å². The zero-order valence-electron chi connectivity index (χ0n) is 11.7. The van der Waals surface area contributed by atoms with Crippen molar-refractivity contribution in [2.75, 3.05) is 18.5 Å². The van der Waals surface area contributed by atoms with Crippen LogP contribution in [0.5, 0.6) is 5.88 Å². The van der Waals surface area contributed by atoms with E-state index in [2.05, 4.69) is 15.3 Å². The number of rotatable bonds is 6. The molecule has 2 rings (SSSR count). The second-order valence-corrected chi connectivity index (χ2v) is 4.37. The number of halogens is 1. The lowest BCUT2D eigenvalue weighted by atomic mass is 10.1. The third-order valence-corrected chi connectivity index (χ3v) is 2.76. The first-order chi connectivity index (χ1) is 9.69. The molecular weight excluding hydrogens is 257 g/mol. The molecule has 20 heavy (non-hydrogen) atoms. The van der Waals surface area contributed by atoms with E-state index in [-0.39, 0.29) is 5.82 Å². The highest BCUT2D eigenvalue weighted by Gasteiger charge is 2.04. The SMILES string of the molecule is CCOc1cc(C)nc(NCCc2ccccc2F)n1. The van der Waals surface area contributed by atoms with Gasteiger partial charge in [0.2, 0.25) is 11.8 Å². The third-order valence-electron chi connectivity index (χ3n) is 2.76. The second kappa shape index (κ2) is 6.84. The standard InChI is InChI=1S/C15H18FN3O/c1-3-20-14-10-11(2)18-15(19-14)17-9-8-12-6-4-5-7-13(12)16/h4-7,10H,3,8-9H2,1-2H3,(H,17,18,19). The minimum atomic E-state index is -0.186. The van der Waals surface area contributed by atoms with Crippen molar-refractivity contribution in [1.82, 2.24) is 9.97 Å². The Morgan fingerprint density at radius 3 is 2.80 bits per heavy atom. The van der Waals surface area contributed by atoms with Crippen LogP contribution in [0.1, 0.15) is 18.2 Å². The van der Waals surface area contributed by atoms with E-state index in [1.54, 1.807) is 18.2 Å². The quantitative estimate of drug-likeness (QED) is 0.880. The predicted octanol–water partition coefficient (Wildman–Crippen LogP) is 2.98. The molecule has 0 aliphatic heterocycles. The summed E-state index contributed by atoms with van der Waals surface area (Å²) in [6.45, 7) is 4.91. The molecule has 2 aromatic rings. The molecule has 0 unspecified atom stereocenters. The number of aromatic nitrogens is 2. The van der Waals surface area contributed by atoms with Crippen molar-refractivity contribution < 1.29 is 9.13 Å². The first kappa shape index (κ1) is 14.2. The smallest absolute Gasteiger partial charge is 0.226 e. The maximum absolute atomic E-state index is 13.5. The van der Waals surface area contributed by atoms with E-state index in [4.69, 9.17) is 4.74 Å². The topological polar surface area (TPSA) is 47.0 Å². The largest absolute Gasteiger partial charge is 0.478 e. The van der Waals surface area contributed by atoms with Gasteiger partial charge in [-0.15, -0.1) is 0 Å². The summed E-state index contributed by atoms with van der Waals surface area (Å²) < 4.78 is 18.8. The van der Waals surface area contributed by atoms with Crippen LogP contribution in [0.15, 0.2) is 30.3 Å². The molecular formula is C15H18FN3O. The molecule has 1 heterocycles. The molecule has 0 fully saturated rings. The highest BCUT2D eigenvalue weighted by molar-refractivity contribution is 5.31. The number of hydrogen-bond donors (Lipinski definition) is 1. The van der Waals surface area contributed by atoms with Crippen molar-refractivity contribution >= 4 is 5.95 Å². The first-order valence-electron chi connectivity index (χ1n) is 6.65. The van der Waals surface area contributed by atoms with E-state index in [1.165, 1.54) is 6.07 Å². The van der Waals surface area contributed by atoms with Gasteiger partial charge in [0.25, 0.3) is 0 Å². The maximum atomic E-state index is 13.5. The second-order valence-electron chi connectivity index (χ2n) is 4.37. The van der Waals surface area contributed by atoms with Crippen molar-refractivity contribution in [2.45, 2.75) is 20.3 Å². The Labute approximate surface area is 118 Å². The molecule has 106 valence electrons. The Morgan fingerprint density at radius 1 is 1.25 bits per heavy atom. The number of anilines is 1. The third kappa shape index (κ3) is 3.91. The summed E-state index contributed by atoms with van der Waals surface area (Å²) in [5.41, 5.74) is 1.51. The Hall–Kier alpha value is -2.17. The van der Waals surface area contributed by atoms with Crippen molar-refractivity contribution in [2.24, 2.45) is 0 Å². The molecule has 0 saturated carbocycles. The summed E-state index contributed by atoms with van der Waals surface area (Å²) in [4.78, 5) is 8.51. The van der Waals surface area contributed by atoms with Crippen LogP contribution in [0, 0.1) is 12.7 Å². The maximum Gasteiger partial charge on any atom is 0.226 e. The zero-order valence-corrected chi connectivity index (χ0v) is 11.7. The van der Waals surface area contributed by atoms with Crippen molar-refractivity contribution in [3.63, 3.8) is 0 Å². The minimum absolute atomic E-state index is 0.186. The molecule has 1 N–H and O–H groups in total. The van der Waals surface area contributed by atoms with Crippen molar-refractivity contribution in [3.8, 4) is 5.88 Å². The van der Waals surface area contributed by atoms with E-state index in [0.29, 0.717) is 37.0 Å². The summed E-state index contributed by atoms with van der Waals surface area (Å²) >= 11 is 0. The van der Waals surface area contributed by atoms with Crippen LogP contribution in [0.2, 0.25) is 0 Å².